The molecule has 1 aliphatic heterocycles. The standard InChI is InChI=1S/C26H24N2O4/c1-17-9-14-22(15-18(17)2)26(21-7-5-4-6-8-21)24(30)28(25(31)27-26)16-19-10-12-20(13-11-19)23(29)32-3/h4-15H,16H2,1-3H3,(H,27,31)/t26-/m1/s1. The van der Waals surface area contributed by atoms with E-state index in [2.05, 4.69) is 5.32 Å². The summed E-state index contributed by atoms with van der Waals surface area (Å²) in [6.07, 6.45) is 0. The van der Waals surface area contributed by atoms with Crippen LogP contribution in [0.25, 0.3) is 0 Å². The summed E-state index contributed by atoms with van der Waals surface area (Å²) in [5, 5.41) is 2.97. The first-order valence-electron chi connectivity index (χ1n) is 10.3. The number of aryl methyl sites for hydroxylation is 2. The minimum Gasteiger partial charge on any atom is -0.465 e. The second kappa shape index (κ2) is 8.30. The number of rotatable bonds is 5. The molecule has 1 heterocycles. The van der Waals surface area contributed by atoms with E-state index in [1.54, 1.807) is 24.3 Å². The smallest absolute Gasteiger partial charge is 0.337 e. The van der Waals surface area contributed by atoms with Gasteiger partial charge in [-0.2, -0.15) is 0 Å². The molecular weight excluding hydrogens is 404 g/mol. The third-order valence-corrected chi connectivity index (χ3v) is 5.97. The number of amides is 3. The van der Waals surface area contributed by atoms with Crippen LogP contribution < -0.4 is 5.32 Å². The molecule has 4 rings (SSSR count). The fourth-order valence-corrected chi connectivity index (χ4v) is 3.99. The number of methoxy groups -OCH3 is 1. The molecule has 1 fully saturated rings. The van der Waals surface area contributed by atoms with Gasteiger partial charge in [0.15, 0.2) is 5.54 Å². The van der Waals surface area contributed by atoms with Crippen LogP contribution in [-0.2, 0) is 21.6 Å². The number of carbonyl (C=O) groups is 3. The molecule has 1 atom stereocenters. The largest absolute Gasteiger partial charge is 0.465 e. The van der Waals surface area contributed by atoms with Crippen LogP contribution in [0.3, 0.4) is 0 Å². The minimum atomic E-state index is -1.30. The molecule has 0 aliphatic carbocycles. The summed E-state index contributed by atoms with van der Waals surface area (Å²) in [5.74, 6) is -0.779. The summed E-state index contributed by atoms with van der Waals surface area (Å²) in [5.41, 5.74) is 3.39. The van der Waals surface area contributed by atoms with Gasteiger partial charge in [-0.3, -0.25) is 9.69 Å². The van der Waals surface area contributed by atoms with Gasteiger partial charge in [0, 0.05) is 0 Å². The number of hydrogen-bond donors (Lipinski definition) is 1. The van der Waals surface area contributed by atoms with Crippen molar-refractivity contribution in [3.8, 4) is 0 Å². The molecule has 162 valence electrons. The normalized spacial score (nSPS) is 17.9. The Kier molecular flexibility index (Phi) is 5.53. The van der Waals surface area contributed by atoms with Crippen molar-refractivity contribution in [3.05, 3.63) is 106 Å². The maximum absolute atomic E-state index is 13.8. The molecule has 0 aromatic heterocycles. The molecule has 0 spiro atoms. The molecule has 3 amide bonds. The molecule has 6 heteroatoms. The highest BCUT2D eigenvalue weighted by molar-refractivity contribution is 6.09. The van der Waals surface area contributed by atoms with Crippen LogP contribution in [0.15, 0.2) is 72.8 Å². The highest BCUT2D eigenvalue weighted by Crippen LogP contribution is 2.37. The molecular formula is C26H24N2O4. The summed E-state index contributed by atoms with van der Waals surface area (Å²) in [6, 6.07) is 21.3. The molecule has 3 aromatic carbocycles. The summed E-state index contributed by atoms with van der Waals surface area (Å²) < 4.78 is 4.72. The van der Waals surface area contributed by atoms with Crippen LogP contribution in [0.2, 0.25) is 0 Å². The summed E-state index contributed by atoms with van der Waals surface area (Å²) in [6.45, 7) is 4.08. The fraction of sp³-hybridized carbons (Fsp3) is 0.192. The third kappa shape index (κ3) is 3.54. The molecule has 6 nitrogen and oxygen atoms in total. The van der Waals surface area contributed by atoms with E-state index in [0.717, 1.165) is 16.7 Å². The van der Waals surface area contributed by atoms with E-state index in [1.807, 2.05) is 62.4 Å². The Morgan fingerprint density at radius 3 is 2.22 bits per heavy atom. The number of hydrogen-bond acceptors (Lipinski definition) is 4. The van der Waals surface area contributed by atoms with Crippen LogP contribution in [-0.4, -0.2) is 29.9 Å². The van der Waals surface area contributed by atoms with Crippen molar-refractivity contribution in [2.24, 2.45) is 0 Å². The predicted molar refractivity (Wildman–Crippen MR) is 120 cm³/mol. The number of esters is 1. The lowest BCUT2D eigenvalue weighted by Crippen LogP contribution is -2.45. The zero-order valence-electron chi connectivity index (χ0n) is 18.2. The van der Waals surface area contributed by atoms with Gasteiger partial charge in [0.25, 0.3) is 5.91 Å². The van der Waals surface area contributed by atoms with E-state index in [0.29, 0.717) is 16.7 Å². The molecule has 1 aliphatic rings. The van der Waals surface area contributed by atoms with Gasteiger partial charge >= 0.3 is 12.0 Å². The fourth-order valence-electron chi connectivity index (χ4n) is 3.99. The van der Waals surface area contributed by atoms with Gasteiger partial charge in [-0.15, -0.1) is 0 Å². The topological polar surface area (TPSA) is 75.7 Å². The van der Waals surface area contributed by atoms with Crippen molar-refractivity contribution >= 4 is 17.9 Å². The predicted octanol–water partition coefficient (Wildman–Crippen LogP) is 4.09. The quantitative estimate of drug-likeness (QED) is 0.491. The summed E-state index contributed by atoms with van der Waals surface area (Å²) in [4.78, 5) is 39.8. The molecule has 0 unspecified atom stereocenters. The van der Waals surface area contributed by atoms with Crippen molar-refractivity contribution in [1.29, 1.82) is 0 Å². The Hall–Kier alpha value is -3.93. The molecule has 3 aromatic rings. The van der Waals surface area contributed by atoms with E-state index in [4.69, 9.17) is 4.74 Å². The van der Waals surface area contributed by atoms with E-state index < -0.39 is 17.5 Å². The lowest BCUT2D eigenvalue weighted by molar-refractivity contribution is -0.130. The monoisotopic (exact) mass is 428 g/mol. The number of nitrogens with one attached hydrogen (secondary N) is 1. The van der Waals surface area contributed by atoms with E-state index in [9.17, 15) is 14.4 Å². The maximum atomic E-state index is 13.8. The Bertz CT molecular complexity index is 1190. The number of benzene rings is 3. The second-order valence-electron chi connectivity index (χ2n) is 7.93. The van der Waals surface area contributed by atoms with E-state index in [1.165, 1.54) is 12.0 Å². The highest BCUT2D eigenvalue weighted by Gasteiger charge is 2.53. The Morgan fingerprint density at radius 2 is 1.59 bits per heavy atom. The first kappa shape index (κ1) is 21.3. The lowest BCUT2D eigenvalue weighted by Gasteiger charge is -2.28. The van der Waals surface area contributed by atoms with Crippen molar-refractivity contribution in [1.82, 2.24) is 10.2 Å². The lowest BCUT2D eigenvalue weighted by atomic mass is 9.81. The number of urea groups is 1. The molecule has 0 saturated carbocycles. The van der Waals surface area contributed by atoms with Crippen molar-refractivity contribution in [2.75, 3.05) is 7.11 Å². The summed E-state index contributed by atoms with van der Waals surface area (Å²) in [7, 11) is 1.32. The van der Waals surface area contributed by atoms with Crippen LogP contribution in [0.4, 0.5) is 4.79 Å². The summed E-state index contributed by atoms with van der Waals surface area (Å²) >= 11 is 0. The molecule has 1 N–H and O–H groups in total. The third-order valence-electron chi connectivity index (χ3n) is 5.97. The van der Waals surface area contributed by atoms with Crippen molar-refractivity contribution < 1.29 is 19.1 Å². The SMILES string of the molecule is COC(=O)c1ccc(CN2C(=O)N[C@](c3ccccc3)(c3ccc(C)c(C)c3)C2=O)cc1. The van der Waals surface area contributed by atoms with Crippen LogP contribution >= 0.6 is 0 Å². The van der Waals surface area contributed by atoms with E-state index >= 15 is 0 Å². The highest BCUT2D eigenvalue weighted by atomic mass is 16.5. The zero-order valence-corrected chi connectivity index (χ0v) is 18.2. The van der Waals surface area contributed by atoms with Gasteiger partial charge in [0.2, 0.25) is 0 Å². The van der Waals surface area contributed by atoms with Crippen molar-refractivity contribution in [2.45, 2.75) is 25.9 Å². The van der Waals surface area contributed by atoms with Gasteiger partial charge < -0.3 is 10.1 Å². The number of carbonyl (C=O) groups excluding carboxylic acids is 3. The zero-order chi connectivity index (χ0) is 22.9. The van der Waals surface area contributed by atoms with Gasteiger partial charge in [0.05, 0.1) is 19.2 Å². The molecule has 0 radical (unpaired) electrons. The second-order valence-corrected chi connectivity index (χ2v) is 7.93. The van der Waals surface area contributed by atoms with Gasteiger partial charge in [-0.25, -0.2) is 9.59 Å². The molecule has 1 saturated heterocycles. The Morgan fingerprint density at radius 1 is 0.906 bits per heavy atom. The van der Waals surface area contributed by atoms with E-state index in [-0.39, 0.29) is 12.5 Å². The average molecular weight is 428 g/mol. The Balaban J connectivity index is 1.73. The van der Waals surface area contributed by atoms with Crippen molar-refractivity contribution in [3.63, 3.8) is 0 Å². The first-order valence-corrected chi connectivity index (χ1v) is 10.3. The Labute approximate surface area is 186 Å². The number of ether oxygens (including phenoxy) is 1. The van der Waals surface area contributed by atoms with Gasteiger partial charge in [0.1, 0.15) is 0 Å². The average Bonchev–Trinajstić information content (AvgIpc) is 3.07. The van der Waals surface area contributed by atoms with Crippen LogP contribution in [0.5, 0.6) is 0 Å². The van der Waals surface area contributed by atoms with Gasteiger partial charge in [-0.05, 0) is 53.8 Å². The van der Waals surface area contributed by atoms with Crippen LogP contribution in [0, 0.1) is 13.8 Å². The van der Waals surface area contributed by atoms with Gasteiger partial charge in [-0.1, -0.05) is 60.7 Å². The first-order chi connectivity index (χ1) is 15.4. The molecule has 0 bridgehead atoms. The number of nitrogens with zero attached hydrogens (tertiary/aromatic N) is 1. The molecule has 32 heavy (non-hydrogen) atoms. The maximum Gasteiger partial charge on any atom is 0.337 e. The minimum absolute atomic E-state index is 0.0888. The van der Waals surface area contributed by atoms with Crippen LogP contribution in [0.1, 0.15) is 38.2 Å². The number of imide groups is 1.